The number of guanidine groups is 1. The summed E-state index contributed by atoms with van der Waals surface area (Å²) in [5, 5.41) is 6.07. The third kappa shape index (κ3) is 11.0. The Morgan fingerprint density at radius 2 is 1.41 bits per heavy atom. The zero-order valence-corrected chi connectivity index (χ0v) is 21.2. The number of carbonyl (C=O) groups excluding carboxylic acids is 2. The number of carbonyl (C=O) groups is 2. The number of benzene rings is 2. The molecule has 0 aliphatic heterocycles. The number of rotatable bonds is 5. The van der Waals surface area contributed by atoms with E-state index < -0.39 is 23.4 Å². The summed E-state index contributed by atoms with van der Waals surface area (Å²) in [6.07, 6.45) is -1.58. The minimum absolute atomic E-state index is 0.0773. The molecule has 0 spiro atoms. The molecule has 0 fully saturated rings. The summed E-state index contributed by atoms with van der Waals surface area (Å²) in [7, 11) is 0. The van der Waals surface area contributed by atoms with Crippen molar-refractivity contribution in [1.82, 2.24) is 10.6 Å². The standard InChI is InChI=1S/C25H32ClN3O5/c1-24(2,3)33-22(30)28-21(29-23(31)34-25(4,5)6)27-15-17-9-13-20(14-10-17)32-16-18-7-11-19(26)12-8-18/h7-14H,15-16H2,1-6H3,(H2,27,28,29,30,31). The number of nitrogens with zero attached hydrogens (tertiary/aromatic N) is 1. The Labute approximate surface area is 205 Å². The van der Waals surface area contributed by atoms with Crippen molar-refractivity contribution in [1.29, 1.82) is 0 Å². The first-order valence-electron chi connectivity index (χ1n) is 10.8. The molecule has 0 atom stereocenters. The molecule has 0 bridgehead atoms. The molecule has 34 heavy (non-hydrogen) atoms. The summed E-state index contributed by atoms with van der Waals surface area (Å²) in [5.41, 5.74) is 0.454. The van der Waals surface area contributed by atoms with Crippen molar-refractivity contribution in [3.8, 4) is 5.75 Å². The van der Waals surface area contributed by atoms with E-state index in [2.05, 4.69) is 15.6 Å². The van der Waals surface area contributed by atoms with E-state index in [1.807, 2.05) is 48.5 Å². The molecule has 0 aliphatic rings. The molecule has 9 heteroatoms. The van der Waals surface area contributed by atoms with Gasteiger partial charge in [-0.05, 0) is 76.9 Å². The van der Waals surface area contributed by atoms with E-state index in [0.717, 1.165) is 11.1 Å². The van der Waals surface area contributed by atoms with Gasteiger partial charge in [-0.3, -0.25) is 5.32 Å². The Morgan fingerprint density at radius 1 is 0.853 bits per heavy atom. The molecule has 2 aromatic rings. The molecular formula is C25H32ClN3O5. The van der Waals surface area contributed by atoms with Gasteiger partial charge < -0.3 is 19.5 Å². The maximum Gasteiger partial charge on any atom is 0.437 e. The zero-order chi connectivity index (χ0) is 25.4. The molecule has 2 rings (SSSR count). The van der Waals surface area contributed by atoms with Crippen molar-refractivity contribution in [3.05, 3.63) is 64.7 Å². The molecule has 2 amide bonds. The van der Waals surface area contributed by atoms with Crippen LogP contribution in [-0.4, -0.2) is 29.3 Å². The summed E-state index contributed by atoms with van der Waals surface area (Å²) in [6, 6.07) is 14.8. The van der Waals surface area contributed by atoms with Gasteiger partial charge in [-0.2, -0.15) is 0 Å². The zero-order valence-electron chi connectivity index (χ0n) is 20.4. The molecule has 0 heterocycles. The fraction of sp³-hybridized carbons (Fsp3) is 0.400. The third-order valence-electron chi connectivity index (χ3n) is 3.92. The lowest BCUT2D eigenvalue weighted by molar-refractivity contribution is 0.0560. The summed E-state index contributed by atoms with van der Waals surface area (Å²) in [5.74, 6) is 0.625. The second-order valence-corrected chi connectivity index (χ2v) is 9.92. The summed E-state index contributed by atoms with van der Waals surface area (Å²) < 4.78 is 16.2. The highest BCUT2D eigenvalue weighted by atomic mass is 35.5. The van der Waals surface area contributed by atoms with Gasteiger partial charge in [0.05, 0.1) is 0 Å². The highest BCUT2D eigenvalue weighted by Gasteiger charge is 2.20. The van der Waals surface area contributed by atoms with E-state index in [1.54, 1.807) is 41.5 Å². The van der Waals surface area contributed by atoms with Crippen LogP contribution in [0.3, 0.4) is 0 Å². The number of hydrogen-bond acceptors (Lipinski definition) is 5. The fourth-order valence-corrected chi connectivity index (χ4v) is 2.65. The average molecular weight is 490 g/mol. The normalized spacial score (nSPS) is 12.0. The molecule has 2 aromatic carbocycles. The van der Waals surface area contributed by atoms with E-state index in [4.69, 9.17) is 25.8 Å². The maximum atomic E-state index is 12.2. The van der Waals surface area contributed by atoms with Crippen molar-refractivity contribution in [2.75, 3.05) is 0 Å². The second-order valence-electron chi connectivity index (χ2n) is 9.48. The first-order chi connectivity index (χ1) is 15.8. The van der Waals surface area contributed by atoms with Gasteiger partial charge in [-0.15, -0.1) is 4.99 Å². The predicted octanol–water partition coefficient (Wildman–Crippen LogP) is 5.82. The average Bonchev–Trinajstić information content (AvgIpc) is 2.69. The predicted molar refractivity (Wildman–Crippen MR) is 132 cm³/mol. The SMILES string of the molecule is CC(C)(C)OC(=O)N=C(NCc1ccc(OCc2ccc(Cl)cc2)cc1)NC(=O)OC(C)(C)C. The number of halogens is 1. The highest BCUT2D eigenvalue weighted by Crippen LogP contribution is 2.16. The van der Waals surface area contributed by atoms with Crippen LogP contribution in [0.15, 0.2) is 53.5 Å². The van der Waals surface area contributed by atoms with Crippen molar-refractivity contribution in [2.24, 2.45) is 4.99 Å². The van der Waals surface area contributed by atoms with E-state index in [0.29, 0.717) is 17.4 Å². The van der Waals surface area contributed by atoms with Crippen LogP contribution in [0.2, 0.25) is 5.02 Å². The van der Waals surface area contributed by atoms with Gasteiger partial charge in [0.15, 0.2) is 0 Å². The number of hydrogen-bond donors (Lipinski definition) is 2. The summed E-state index contributed by atoms with van der Waals surface area (Å²) >= 11 is 5.90. The molecular weight excluding hydrogens is 458 g/mol. The monoisotopic (exact) mass is 489 g/mol. The Kier molecular flexibility index (Phi) is 9.32. The lowest BCUT2D eigenvalue weighted by Gasteiger charge is -2.21. The Bertz CT molecular complexity index is 991. The number of amides is 2. The van der Waals surface area contributed by atoms with Gasteiger partial charge in [-0.25, -0.2) is 9.59 Å². The molecule has 0 radical (unpaired) electrons. The van der Waals surface area contributed by atoms with Crippen LogP contribution >= 0.6 is 11.6 Å². The molecule has 184 valence electrons. The minimum Gasteiger partial charge on any atom is -0.489 e. The molecule has 2 N–H and O–H groups in total. The van der Waals surface area contributed by atoms with E-state index >= 15 is 0 Å². The number of ether oxygens (including phenoxy) is 3. The van der Waals surface area contributed by atoms with Crippen LogP contribution in [0, 0.1) is 0 Å². The molecule has 0 aromatic heterocycles. The van der Waals surface area contributed by atoms with Crippen LogP contribution in [0.5, 0.6) is 5.75 Å². The van der Waals surface area contributed by atoms with Crippen LogP contribution in [0.25, 0.3) is 0 Å². The van der Waals surface area contributed by atoms with E-state index in [9.17, 15) is 9.59 Å². The van der Waals surface area contributed by atoms with Gasteiger partial charge in [0, 0.05) is 11.6 Å². The van der Waals surface area contributed by atoms with Crippen LogP contribution in [0.1, 0.15) is 52.7 Å². The molecule has 0 saturated heterocycles. The van der Waals surface area contributed by atoms with Crippen molar-refractivity contribution >= 4 is 29.7 Å². The van der Waals surface area contributed by atoms with Gasteiger partial charge >= 0.3 is 12.2 Å². The number of alkyl carbamates (subject to hydrolysis) is 1. The highest BCUT2D eigenvalue weighted by molar-refractivity contribution is 6.30. The maximum absolute atomic E-state index is 12.2. The molecule has 0 unspecified atom stereocenters. The fourth-order valence-electron chi connectivity index (χ4n) is 2.52. The van der Waals surface area contributed by atoms with Crippen LogP contribution in [-0.2, 0) is 22.6 Å². The minimum atomic E-state index is -0.836. The van der Waals surface area contributed by atoms with Crippen LogP contribution < -0.4 is 15.4 Å². The van der Waals surface area contributed by atoms with Crippen molar-refractivity contribution in [2.45, 2.75) is 65.9 Å². The van der Waals surface area contributed by atoms with Crippen molar-refractivity contribution < 1.29 is 23.8 Å². The Hall–Kier alpha value is -3.26. The largest absolute Gasteiger partial charge is 0.489 e. The smallest absolute Gasteiger partial charge is 0.437 e. The summed E-state index contributed by atoms with van der Waals surface area (Å²) in [6.45, 7) is 11.1. The number of nitrogens with one attached hydrogen (secondary N) is 2. The topological polar surface area (TPSA) is 98.3 Å². The van der Waals surface area contributed by atoms with Crippen molar-refractivity contribution in [3.63, 3.8) is 0 Å². The van der Waals surface area contributed by atoms with E-state index in [-0.39, 0.29) is 12.5 Å². The third-order valence-corrected chi connectivity index (χ3v) is 4.17. The molecule has 0 aliphatic carbocycles. The van der Waals surface area contributed by atoms with Gasteiger partial charge in [0.1, 0.15) is 23.6 Å². The summed E-state index contributed by atoms with van der Waals surface area (Å²) in [4.78, 5) is 28.1. The second kappa shape index (κ2) is 11.7. The lowest BCUT2D eigenvalue weighted by atomic mass is 10.2. The van der Waals surface area contributed by atoms with E-state index in [1.165, 1.54) is 0 Å². The van der Waals surface area contributed by atoms with Crippen LogP contribution in [0.4, 0.5) is 9.59 Å². The Morgan fingerprint density at radius 3 is 1.97 bits per heavy atom. The first kappa shape index (κ1) is 27.0. The van der Waals surface area contributed by atoms with Gasteiger partial charge in [0.25, 0.3) is 0 Å². The van der Waals surface area contributed by atoms with Gasteiger partial charge in [0.2, 0.25) is 5.96 Å². The Balaban J connectivity index is 1.99. The molecule has 8 nitrogen and oxygen atoms in total. The van der Waals surface area contributed by atoms with Gasteiger partial charge in [-0.1, -0.05) is 35.9 Å². The number of aliphatic imine (C=N–C) groups is 1. The quantitative estimate of drug-likeness (QED) is 0.405. The first-order valence-corrected chi connectivity index (χ1v) is 11.2. The molecule has 0 saturated carbocycles. The lowest BCUT2D eigenvalue weighted by Crippen LogP contribution is -2.44.